The molecule has 0 aliphatic carbocycles. The largest absolute Gasteiger partial charge is 0.339 e. The van der Waals surface area contributed by atoms with Crippen LogP contribution in [0.3, 0.4) is 0 Å². The summed E-state index contributed by atoms with van der Waals surface area (Å²) in [6.07, 6.45) is 2.02. The molecule has 1 fully saturated rings. The number of carbonyl (C=O) groups is 2. The van der Waals surface area contributed by atoms with E-state index in [1.54, 1.807) is 23.1 Å². The van der Waals surface area contributed by atoms with Crippen LogP contribution in [0.2, 0.25) is 5.02 Å². The Hall–Kier alpha value is -1.30. The topological polar surface area (TPSA) is 75.4 Å². The van der Waals surface area contributed by atoms with E-state index in [4.69, 9.17) is 17.3 Å². The van der Waals surface area contributed by atoms with Gasteiger partial charge in [0.05, 0.1) is 17.8 Å². The molecule has 3 N–H and O–H groups in total. The van der Waals surface area contributed by atoms with E-state index in [9.17, 15) is 9.59 Å². The van der Waals surface area contributed by atoms with Gasteiger partial charge in [-0.05, 0) is 31.0 Å². The molecule has 1 aromatic rings. The van der Waals surface area contributed by atoms with Crippen molar-refractivity contribution in [1.82, 2.24) is 4.90 Å². The van der Waals surface area contributed by atoms with E-state index in [1.807, 2.05) is 0 Å². The predicted molar refractivity (Wildman–Crippen MR) is 81.5 cm³/mol. The summed E-state index contributed by atoms with van der Waals surface area (Å²) in [5, 5.41) is 3.09. The van der Waals surface area contributed by atoms with Gasteiger partial charge >= 0.3 is 0 Å². The number of hydrogen-bond donors (Lipinski definition) is 2. The van der Waals surface area contributed by atoms with Crippen molar-refractivity contribution < 1.29 is 9.59 Å². The molecule has 0 atom stereocenters. The Morgan fingerprint density at radius 2 is 1.95 bits per heavy atom. The molecule has 20 heavy (non-hydrogen) atoms. The molecule has 0 aromatic heterocycles. The zero-order chi connectivity index (χ0) is 13.8. The van der Waals surface area contributed by atoms with E-state index in [1.165, 1.54) is 0 Å². The monoisotopic (exact) mass is 317 g/mol. The van der Waals surface area contributed by atoms with Crippen molar-refractivity contribution in [3.63, 3.8) is 0 Å². The molecule has 5 nitrogen and oxygen atoms in total. The van der Waals surface area contributed by atoms with Crippen LogP contribution in [0.4, 0.5) is 5.69 Å². The average molecular weight is 318 g/mol. The number of carbonyl (C=O) groups excluding carboxylic acids is 2. The number of benzene rings is 1. The van der Waals surface area contributed by atoms with E-state index >= 15 is 0 Å². The highest BCUT2D eigenvalue weighted by Gasteiger charge is 2.22. The van der Waals surface area contributed by atoms with Gasteiger partial charge in [-0.25, -0.2) is 0 Å². The SMILES string of the molecule is Cl.NCC(=O)Nc1ccc(Cl)cc1C(=O)N1CCCC1. The summed E-state index contributed by atoms with van der Waals surface area (Å²) in [4.78, 5) is 25.5. The summed E-state index contributed by atoms with van der Waals surface area (Å²) in [5.41, 5.74) is 6.13. The lowest BCUT2D eigenvalue weighted by Crippen LogP contribution is -2.29. The third-order valence-corrected chi connectivity index (χ3v) is 3.30. The Morgan fingerprint density at radius 3 is 2.55 bits per heavy atom. The van der Waals surface area contributed by atoms with Crippen LogP contribution in [-0.2, 0) is 4.79 Å². The number of amides is 2. The summed E-state index contributed by atoms with van der Waals surface area (Å²) in [5.74, 6) is -0.440. The molecule has 1 aliphatic rings. The number of hydrogen-bond acceptors (Lipinski definition) is 3. The van der Waals surface area contributed by atoms with Gasteiger partial charge in [-0.2, -0.15) is 0 Å². The van der Waals surface area contributed by atoms with E-state index in [2.05, 4.69) is 5.32 Å². The van der Waals surface area contributed by atoms with Gasteiger partial charge in [0.25, 0.3) is 5.91 Å². The third-order valence-electron chi connectivity index (χ3n) is 3.06. The van der Waals surface area contributed by atoms with Crippen LogP contribution in [0.1, 0.15) is 23.2 Å². The first kappa shape index (κ1) is 16.8. The molecular weight excluding hydrogens is 301 g/mol. The van der Waals surface area contributed by atoms with Gasteiger partial charge in [0.1, 0.15) is 0 Å². The second-order valence-electron chi connectivity index (χ2n) is 4.44. The fraction of sp³-hybridized carbons (Fsp3) is 0.385. The molecule has 110 valence electrons. The first-order valence-corrected chi connectivity index (χ1v) is 6.58. The van der Waals surface area contributed by atoms with Gasteiger partial charge in [0.2, 0.25) is 5.91 Å². The molecule has 0 radical (unpaired) electrons. The maximum Gasteiger partial charge on any atom is 0.256 e. The lowest BCUT2D eigenvalue weighted by atomic mass is 10.1. The van der Waals surface area contributed by atoms with Gasteiger partial charge in [-0.1, -0.05) is 11.6 Å². The third kappa shape index (κ3) is 3.85. The zero-order valence-corrected chi connectivity index (χ0v) is 12.5. The van der Waals surface area contributed by atoms with Crippen LogP contribution in [0.5, 0.6) is 0 Å². The van der Waals surface area contributed by atoms with Crippen molar-refractivity contribution in [2.75, 3.05) is 25.0 Å². The summed E-state index contributed by atoms with van der Waals surface area (Å²) in [6, 6.07) is 4.84. The maximum atomic E-state index is 12.4. The average Bonchev–Trinajstić information content (AvgIpc) is 2.93. The highest BCUT2D eigenvalue weighted by molar-refractivity contribution is 6.31. The van der Waals surface area contributed by atoms with Crippen molar-refractivity contribution in [3.8, 4) is 0 Å². The molecular formula is C13H17Cl2N3O2. The summed E-state index contributed by atoms with van der Waals surface area (Å²) in [6.45, 7) is 1.37. The highest BCUT2D eigenvalue weighted by Crippen LogP contribution is 2.23. The van der Waals surface area contributed by atoms with Crippen molar-refractivity contribution in [2.45, 2.75) is 12.8 Å². The van der Waals surface area contributed by atoms with E-state index in [0.717, 1.165) is 25.9 Å². The van der Waals surface area contributed by atoms with Crippen LogP contribution in [0.25, 0.3) is 0 Å². The lowest BCUT2D eigenvalue weighted by molar-refractivity contribution is -0.114. The van der Waals surface area contributed by atoms with Gasteiger partial charge in [0, 0.05) is 18.1 Å². The molecule has 1 aliphatic heterocycles. The Morgan fingerprint density at radius 1 is 1.30 bits per heavy atom. The summed E-state index contributed by atoms with van der Waals surface area (Å²) in [7, 11) is 0. The fourth-order valence-corrected chi connectivity index (χ4v) is 2.27. The minimum atomic E-state index is -0.335. The van der Waals surface area contributed by atoms with Gasteiger partial charge < -0.3 is 16.0 Å². The molecule has 2 rings (SSSR count). The quantitative estimate of drug-likeness (QED) is 0.894. The van der Waals surface area contributed by atoms with Crippen molar-refractivity contribution in [3.05, 3.63) is 28.8 Å². The number of halogens is 2. The second-order valence-corrected chi connectivity index (χ2v) is 4.88. The Bertz CT molecular complexity index is 502. The molecule has 0 bridgehead atoms. The standard InChI is InChI=1S/C13H16ClN3O2.ClH/c14-9-3-4-11(16-12(18)8-15)10(7-9)13(19)17-5-1-2-6-17;/h3-4,7H,1-2,5-6,8,15H2,(H,16,18);1H. The minimum Gasteiger partial charge on any atom is -0.339 e. The normalized spacial score (nSPS) is 13.8. The molecule has 0 saturated carbocycles. The summed E-state index contributed by atoms with van der Waals surface area (Å²) < 4.78 is 0. The predicted octanol–water partition coefficient (Wildman–Crippen LogP) is 1.90. The smallest absolute Gasteiger partial charge is 0.256 e. The minimum absolute atomic E-state index is 0. The van der Waals surface area contributed by atoms with Gasteiger partial charge in [0.15, 0.2) is 0 Å². The van der Waals surface area contributed by atoms with Crippen molar-refractivity contribution in [1.29, 1.82) is 0 Å². The van der Waals surface area contributed by atoms with Crippen LogP contribution < -0.4 is 11.1 Å². The zero-order valence-electron chi connectivity index (χ0n) is 10.9. The van der Waals surface area contributed by atoms with E-state index in [0.29, 0.717) is 16.3 Å². The molecule has 2 amide bonds. The first-order chi connectivity index (χ1) is 9.11. The molecule has 7 heteroatoms. The maximum absolute atomic E-state index is 12.4. The Kier molecular flexibility index (Phi) is 6.26. The van der Waals surface area contributed by atoms with E-state index in [-0.39, 0.29) is 30.8 Å². The van der Waals surface area contributed by atoms with Gasteiger partial charge in [-0.15, -0.1) is 12.4 Å². The number of rotatable bonds is 3. The van der Waals surface area contributed by atoms with Crippen molar-refractivity contribution >= 4 is 41.5 Å². The van der Waals surface area contributed by atoms with Crippen LogP contribution in [-0.4, -0.2) is 36.3 Å². The second kappa shape index (κ2) is 7.47. The first-order valence-electron chi connectivity index (χ1n) is 6.20. The number of likely N-dealkylation sites (tertiary alicyclic amines) is 1. The number of nitrogens with two attached hydrogens (primary N) is 1. The van der Waals surface area contributed by atoms with Crippen LogP contribution in [0, 0.1) is 0 Å². The molecule has 0 unspecified atom stereocenters. The fourth-order valence-electron chi connectivity index (χ4n) is 2.09. The molecule has 1 saturated heterocycles. The van der Waals surface area contributed by atoms with Crippen LogP contribution in [0.15, 0.2) is 18.2 Å². The highest BCUT2D eigenvalue weighted by atomic mass is 35.5. The van der Waals surface area contributed by atoms with E-state index < -0.39 is 0 Å². The lowest BCUT2D eigenvalue weighted by Gasteiger charge is -2.18. The van der Waals surface area contributed by atoms with Gasteiger partial charge in [-0.3, -0.25) is 9.59 Å². The van der Waals surface area contributed by atoms with Crippen LogP contribution >= 0.6 is 24.0 Å². The molecule has 1 aromatic carbocycles. The molecule has 0 spiro atoms. The number of anilines is 1. The number of nitrogens with one attached hydrogen (secondary N) is 1. The Labute approximate surface area is 128 Å². The number of nitrogens with zero attached hydrogens (tertiary/aromatic N) is 1. The molecule has 1 heterocycles. The van der Waals surface area contributed by atoms with Crippen molar-refractivity contribution in [2.24, 2.45) is 5.73 Å². The summed E-state index contributed by atoms with van der Waals surface area (Å²) >= 11 is 5.93. The Balaban J connectivity index is 0.00000200.